The molecular weight excluding hydrogens is 222 g/mol. The van der Waals surface area contributed by atoms with Gasteiger partial charge in [-0.1, -0.05) is 37.3 Å². The Hall–Kier alpha value is -1.35. The summed E-state index contributed by atoms with van der Waals surface area (Å²) in [4.78, 5) is 4.72. The van der Waals surface area contributed by atoms with Crippen LogP contribution in [0.2, 0.25) is 0 Å². The third-order valence-corrected chi connectivity index (χ3v) is 3.71. The maximum Gasteiger partial charge on any atom is 0.0955 e. The number of nitrogens with zero attached hydrogens (tertiary/aromatic N) is 2. The molecule has 3 heteroatoms. The van der Waals surface area contributed by atoms with Gasteiger partial charge in [0, 0.05) is 38.6 Å². The van der Waals surface area contributed by atoms with Crippen LogP contribution < -0.4 is 0 Å². The first kappa shape index (κ1) is 13.1. The van der Waals surface area contributed by atoms with Crippen molar-refractivity contribution in [2.75, 3.05) is 19.6 Å². The average Bonchev–Trinajstić information content (AvgIpc) is 2.41. The fourth-order valence-corrected chi connectivity index (χ4v) is 2.52. The molecule has 0 bridgehead atoms. The highest BCUT2D eigenvalue weighted by atomic mass is 15.3. The summed E-state index contributed by atoms with van der Waals surface area (Å²) in [5, 5.41) is 7.92. The van der Waals surface area contributed by atoms with E-state index in [2.05, 4.69) is 54.0 Å². The Labute approximate surface area is 110 Å². The number of nitrogens with one attached hydrogen (secondary N) is 1. The summed E-state index contributed by atoms with van der Waals surface area (Å²) in [6.07, 6.45) is 0.839. The van der Waals surface area contributed by atoms with Gasteiger partial charge in [-0.15, -0.1) is 0 Å². The van der Waals surface area contributed by atoms with E-state index in [-0.39, 0.29) is 0 Å². The van der Waals surface area contributed by atoms with Gasteiger partial charge >= 0.3 is 0 Å². The van der Waals surface area contributed by atoms with Gasteiger partial charge in [-0.05, 0) is 12.5 Å². The molecule has 0 radical (unpaired) electrons. The summed E-state index contributed by atoms with van der Waals surface area (Å²) in [5.74, 6) is 0.779. The minimum atomic E-state index is 0.519. The van der Waals surface area contributed by atoms with E-state index in [0.717, 1.165) is 38.4 Å². The Balaban J connectivity index is 1.92. The summed E-state index contributed by atoms with van der Waals surface area (Å²) in [5.41, 5.74) is 1.38. The van der Waals surface area contributed by atoms with Gasteiger partial charge in [-0.3, -0.25) is 10.3 Å². The summed E-state index contributed by atoms with van der Waals surface area (Å²) >= 11 is 0. The van der Waals surface area contributed by atoms with Gasteiger partial charge in [0.15, 0.2) is 0 Å². The van der Waals surface area contributed by atoms with Crippen molar-refractivity contribution in [2.45, 2.75) is 32.9 Å². The quantitative estimate of drug-likeness (QED) is 0.655. The zero-order valence-corrected chi connectivity index (χ0v) is 11.4. The first-order valence-electron chi connectivity index (χ1n) is 6.81. The zero-order valence-electron chi connectivity index (χ0n) is 11.4. The predicted octanol–water partition coefficient (Wildman–Crippen LogP) is 2.58. The van der Waals surface area contributed by atoms with Crippen molar-refractivity contribution in [2.24, 2.45) is 0 Å². The average molecular weight is 245 g/mol. The molecule has 0 aliphatic carbocycles. The lowest BCUT2D eigenvalue weighted by Gasteiger charge is -2.41. The molecule has 1 fully saturated rings. The Morgan fingerprint density at radius 1 is 1.28 bits per heavy atom. The Kier molecular flexibility index (Phi) is 4.37. The molecule has 18 heavy (non-hydrogen) atoms. The van der Waals surface area contributed by atoms with Gasteiger partial charge in [-0.2, -0.15) is 0 Å². The number of hydrogen-bond donors (Lipinski definition) is 1. The van der Waals surface area contributed by atoms with E-state index in [0.29, 0.717) is 6.04 Å². The first-order valence-corrected chi connectivity index (χ1v) is 6.81. The van der Waals surface area contributed by atoms with Crippen LogP contribution in [0.25, 0.3) is 0 Å². The lowest BCUT2D eigenvalue weighted by atomic mass is 10.1. The molecule has 1 aliphatic heterocycles. The molecule has 1 aliphatic rings. The second-order valence-corrected chi connectivity index (χ2v) is 5.05. The van der Waals surface area contributed by atoms with Crippen LogP contribution in [0.3, 0.4) is 0 Å². The van der Waals surface area contributed by atoms with E-state index in [1.807, 2.05) is 0 Å². The molecule has 1 N–H and O–H groups in total. The topological polar surface area (TPSA) is 30.3 Å². The van der Waals surface area contributed by atoms with Crippen molar-refractivity contribution in [3.8, 4) is 0 Å². The number of benzene rings is 1. The van der Waals surface area contributed by atoms with E-state index < -0.39 is 0 Å². The largest absolute Gasteiger partial charge is 0.358 e. The van der Waals surface area contributed by atoms with E-state index in [9.17, 15) is 0 Å². The first-order chi connectivity index (χ1) is 8.70. The van der Waals surface area contributed by atoms with Crippen LogP contribution in [0.5, 0.6) is 0 Å². The van der Waals surface area contributed by atoms with E-state index >= 15 is 0 Å². The molecule has 1 saturated heterocycles. The van der Waals surface area contributed by atoms with Crippen molar-refractivity contribution in [3.63, 3.8) is 0 Å². The van der Waals surface area contributed by atoms with Crippen LogP contribution in [0, 0.1) is 5.41 Å². The standard InChI is InChI=1S/C15H23N3/c1-3-15(16)18-10-9-17(13(2)11-18)12-14-7-5-4-6-8-14/h4-8,13,16H,3,9-12H2,1-2H3. The summed E-state index contributed by atoms with van der Waals surface area (Å²) < 4.78 is 0. The second kappa shape index (κ2) is 6.01. The van der Waals surface area contributed by atoms with Gasteiger partial charge in [-0.25, -0.2) is 0 Å². The molecule has 1 aromatic carbocycles. The minimum Gasteiger partial charge on any atom is -0.358 e. The van der Waals surface area contributed by atoms with Crippen molar-refractivity contribution in [3.05, 3.63) is 35.9 Å². The van der Waals surface area contributed by atoms with Gasteiger partial charge in [0.1, 0.15) is 0 Å². The number of amidine groups is 1. The van der Waals surface area contributed by atoms with Crippen LogP contribution in [-0.4, -0.2) is 41.3 Å². The molecule has 1 aromatic rings. The van der Waals surface area contributed by atoms with E-state index in [1.54, 1.807) is 0 Å². The zero-order chi connectivity index (χ0) is 13.0. The molecule has 1 unspecified atom stereocenters. The summed E-state index contributed by atoms with van der Waals surface area (Å²) in [7, 11) is 0. The Morgan fingerprint density at radius 3 is 2.61 bits per heavy atom. The Bertz CT molecular complexity index is 388. The van der Waals surface area contributed by atoms with Crippen molar-refractivity contribution in [1.82, 2.24) is 9.80 Å². The molecule has 0 amide bonds. The number of rotatable bonds is 3. The maximum absolute atomic E-state index is 7.92. The van der Waals surface area contributed by atoms with Crippen LogP contribution in [0.15, 0.2) is 30.3 Å². The molecule has 3 nitrogen and oxygen atoms in total. The van der Waals surface area contributed by atoms with Gasteiger partial charge in [0.05, 0.1) is 5.84 Å². The molecule has 1 atom stereocenters. The fourth-order valence-electron chi connectivity index (χ4n) is 2.52. The molecule has 98 valence electrons. The number of piperazine rings is 1. The smallest absolute Gasteiger partial charge is 0.0955 e. The molecule has 0 spiro atoms. The van der Waals surface area contributed by atoms with Crippen LogP contribution in [0.4, 0.5) is 0 Å². The highest BCUT2D eigenvalue weighted by Gasteiger charge is 2.24. The Morgan fingerprint density at radius 2 is 2.00 bits per heavy atom. The predicted molar refractivity (Wildman–Crippen MR) is 75.9 cm³/mol. The van der Waals surface area contributed by atoms with Gasteiger partial charge < -0.3 is 4.90 Å². The monoisotopic (exact) mass is 245 g/mol. The highest BCUT2D eigenvalue weighted by Crippen LogP contribution is 2.14. The molecule has 0 saturated carbocycles. The van der Waals surface area contributed by atoms with E-state index in [4.69, 9.17) is 5.41 Å². The van der Waals surface area contributed by atoms with Gasteiger partial charge in [0.2, 0.25) is 0 Å². The van der Waals surface area contributed by atoms with Crippen molar-refractivity contribution < 1.29 is 0 Å². The molecule has 0 aromatic heterocycles. The molecular formula is C15H23N3. The van der Waals surface area contributed by atoms with Crippen LogP contribution >= 0.6 is 0 Å². The van der Waals surface area contributed by atoms with Crippen LogP contribution in [0.1, 0.15) is 25.8 Å². The SMILES string of the molecule is CCC(=N)N1CCN(Cc2ccccc2)C(C)C1. The van der Waals surface area contributed by atoms with Gasteiger partial charge in [0.25, 0.3) is 0 Å². The third kappa shape index (κ3) is 3.10. The van der Waals surface area contributed by atoms with Crippen molar-refractivity contribution >= 4 is 5.84 Å². The third-order valence-electron chi connectivity index (χ3n) is 3.71. The minimum absolute atomic E-state index is 0.519. The maximum atomic E-state index is 7.92. The van der Waals surface area contributed by atoms with Crippen LogP contribution in [-0.2, 0) is 6.54 Å². The summed E-state index contributed by atoms with van der Waals surface area (Å²) in [6.45, 7) is 8.37. The highest BCUT2D eigenvalue weighted by molar-refractivity contribution is 5.78. The number of hydrogen-bond acceptors (Lipinski definition) is 2. The molecule has 1 heterocycles. The summed E-state index contributed by atoms with van der Waals surface area (Å²) in [6, 6.07) is 11.2. The van der Waals surface area contributed by atoms with E-state index in [1.165, 1.54) is 5.56 Å². The lowest BCUT2D eigenvalue weighted by Crippen LogP contribution is -2.52. The second-order valence-electron chi connectivity index (χ2n) is 5.05. The fraction of sp³-hybridized carbons (Fsp3) is 0.533. The molecule has 2 rings (SSSR count). The van der Waals surface area contributed by atoms with Crippen molar-refractivity contribution in [1.29, 1.82) is 5.41 Å². The normalized spacial score (nSPS) is 21.0. The lowest BCUT2D eigenvalue weighted by molar-refractivity contribution is 0.114.